The molecule has 0 spiro atoms. The van der Waals surface area contributed by atoms with E-state index in [-0.39, 0.29) is 22.8 Å². The number of carbonyl (C=O) groups is 2. The minimum atomic E-state index is -0.787. The zero-order valence-electron chi connectivity index (χ0n) is 14.0. The number of benzene rings is 1. The fraction of sp³-hybridized carbons (Fsp3) is 0.333. The third kappa shape index (κ3) is 2.86. The number of esters is 1. The maximum Gasteiger partial charge on any atom is 0.332 e. The number of aliphatic hydroxyl groups is 1. The molecule has 2 rings (SSSR count). The minimum absolute atomic E-state index is 0.187. The molecule has 0 fully saturated rings. The summed E-state index contributed by atoms with van der Waals surface area (Å²) >= 11 is 0. The average molecular weight is 315 g/mol. The molecule has 122 valence electrons. The number of Topliss-reactive ketones (excluding diaryl/α,β-unsaturated/α-hetero) is 1. The van der Waals surface area contributed by atoms with Crippen LogP contribution in [0.3, 0.4) is 0 Å². The number of hydrogen-bond acceptors (Lipinski definition) is 5. The van der Waals surface area contributed by atoms with E-state index in [1.807, 2.05) is 45.0 Å². The van der Waals surface area contributed by atoms with E-state index in [0.717, 1.165) is 11.3 Å². The minimum Gasteiger partial charge on any atom is -0.505 e. The van der Waals surface area contributed by atoms with Crippen LogP contribution in [0.15, 0.2) is 47.4 Å². The van der Waals surface area contributed by atoms with Gasteiger partial charge in [0.2, 0.25) is 0 Å². The van der Waals surface area contributed by atoms with Crippen LogP contribution in [0, 0.1) is 6.92 Å². The lowest BCUT2D eigenvalue weighted by molar-refractivity contribution is -0.134. The molecule has 0 aliphatic carbocycles. The maximum absolute atomic E-state index is 12.0. The van der Waals surface area contributed by atoms with E-state index < -0.39 is 11.5 Å². The highest BCUT2D eigenvalue weighted by Gasteiger charge is 2.45. The molecule has 23 heavy (non-hydrogen) atoms. The Kier molecular flexibility index (Phi) is 4.32. The van der Waals surface area contributed by atoms with Crippen molar-refractivity contribution in [1.29, 1.82) is 0 Å². The number of ether oxygens (including phenoxy) is 1. The Labute approximate surface area is 135 Å². The van der Waals surface area contributed by atoms with E-state index in [9.17, 15) is 14.7 Å². The van der Waals surface area contributed by atoms with Crippen molar-refractivity contribution >= 4 is 17.4 Å². The van der Waals surface area contributed by atoms with Crippen LogP contribution in [0.5, 0.6) is 0 Å². The van der Waals surface area contributed by atoms with Gasteiger partial charge in [-0.25, -0.2) is 4.79 Å². The number of methoxy groups -OCH3 is 1. The van der Waals surface area contributed by atoms with E-state index in [1.54, 1.807) is 4.90 Å². The summed E-state index contributed by atoms with van der Waals surface area (Å²) in [4.78, 5) is 25.5. The second-order valence-electron chi connectivity index (χ2n) is 6.06. The van der Waals surface area contributed by atoms with Crippen LogP contribution in [0.4, 0.5) is 5.69 Å². The number of hydrogen-bond donors (Lipinski definition) is 1. The summed E-state index contributed by atoms with van der Waals surface area (Å²) in [6, 6.07) is 7.64. The lowest BCUT2D eigenvalue weighted by Gasteiger charge is -2.35. The molecular weight excluding hydrogens is 294 g/mol. The standard InChI is InChI=1S/C18H21NO4/c1-11-6-8-13(9-7-11)19-14(10-15(21)23-5)17(22)16(12(2)20)18(19,3)4/h6-10,22H,1-5H3/b14-10+. The highest BCUT2D eigenvalue weighted by atomic mass is 16.5. The molecule has 0 radical (unpaired) electrons. The first-order chi connectivity index (χ1) is 10.7. The van der Waals surface area contributed by atoms with Crippen molar-refractivity contribution in [3.05, 3.63) is 52.9 Å². The number of carbonyl (C=O) groups excluding carboxylic acids is 2. The van der Waals surface area contributed by atoms with Crippen molar-refractivity contribution in [2.24, 2.45) is 0 Å². The van der Waals surface area contributed by atoms with Gasteiger partial charge in [0, 0.05) is 5.69 Å². The van der Waals surface area contributed by atoms with Crippen molar-refractivity contribution in [2.45, 2.75) is 33.2 Å². The molecule has 5 nitrogen and oxygen atoms in total. The molecule has 0 aromatic heterocycles. The van der Waals surface area contributed by atoms with Crippen LogP contribution in [-0.4, -0.2) is 29.5 Å². The average Bonchev–Trinajstić information content (AvgIpc) is 2.66. The molecule has 0 unspecified atom stereocenters. The third-order valence-corrected chi connectivity index (χ3v) is 3.99. The first-order valence-corrected chi connectivity index (χ1v) is 7.31. The Morgan fingerprint density at radius 1 is 1.22 bits per heavy atom. The number of anilines is 1. The summed E-state index contributed by atoms with van der Waals surface area (Å²) in [5.41, 5.74) is 1.61. The monoisotopic (exact) mass is 315 g/mol. The molecular formula is C18H21NO4. The van der Waals surface area contributed by atoms with Crippen LogP contribution in [0.25, 0.3) is 0 Å². The molecule has 0 amide bonds. The van der Waals surface area contributed by atoms with Crippen molar-refractivity contribution in [3.63, 3.8) is 0 Å². The zero-order chi connectivity index (χ0) is 17.4. The summed E-state index contributed by atoms with van der Waals surface area (Å²) in [6.45, 7) is 7.04. The van der Waals surface area contributed by atoms with Crippen molar-refractivity contribution < 1.29 is 19.4 Å². The fourth-order valence-corrected chi connectivity index (χ4v) is 2.99. The van der Waals surface area contributed by atoms with Gasteiger partial charge in [-0.3, -0.25) is 4.79 Å². The van der Waals surface area contributed by atoms with Crippen molar-refractivity contribution in [1.82, 2.24) is 0 Å². The summed E-state index contributed by atoms with van der Waals surface area (Å²) in [5, 5.41) is 10.5. The van der Waals surface area contributed by atoms with Crippen LogP contribution in [0.1, 0.15) is 26.3 Å². The Bertz CT molecular complexity index is 711. The maximum atomic E-state index is 12.0. The van der Waals surface area contributed by atoms with Gasteiger partial charge in [0.05, 0.1) is 30.0 Å². The first kappa shape index (κ1) is 16.8. The van der Waals surface area contributed by atoms with Gasteiger partial charge in [0.25, 0.3) is 0 Å². The second-order valence-corrected chi connectivity index (χ2v) is 6.06. The molecule has 5 heteroatoms. The largest absolute Gasteiger partial charge is 0.505 e. The summed E-state index contributed by atoms with van der Waals surface area (Å²) < 4.78 is 4.67. The zero-order valence-corrected chi connectivity index (χ0v) is 14.0. The Morgan fingerprint density at radius 2 is 1.78 bits per heavy atom. The van der Waals surface area contributed by atoms with Gasteiger partial charge in [-0.15, -0.1) is 0 Å². The molecule has 1 aromatic carbocycles. The molecule has 1 aromatic rings. The SMILES string of the molecule is COC(=O)/C=C1\C(O)=C(C(C)=O)C(C)(C)N1c1ccc(C)cc1. The first-order valence-electron chi connectivity index (χ1n) is 7.31. The van der Waals surface area contributed by atoms with Crippen LogP contribution in [0.2, 0.25) is 0 Å². The normalized spacial score (nSPS) is 18.5. The second kappa shape index (κ2) is 5.91. The van der Waals surface area contributed by atoms with Crippen LogP contribution < -0.4 is 4.90 Å². The predicted octanol–water partition coefficient (Wildman–Crippen LogP) is 3.05. The highest BCUT2D eigenvalue weighted by Crippen LogP contribution is 2.43. The van der Waals surface area contributed by atoms with Gasteiger partial charge in [-0.05, 0) is 39.8 Å². The number of nitrogens with zero attached hydrogens (tertiary/aromatic N) is 1. The van der Waals surface area contributed by atoms with Gasteiger partial charge in [-0.2, -0.15) is 0 Å². The van der Waals surface area contributed by atoms with Gasteiger partial charge in [0.15, 0.2) is 5.78 Å². The molecule has 1 aliphatic rings. The summed E-state index contributed by atoms with van der Waals surface area (Å²) in [7, 11) is 1.27. The molecule has 0 saturated heterocycles. The van der Waals surface area contributed by atoms with E-state index in [2.05, 4.69) is 4.74 Å². The Hall–Kier alpha value is -2.56. The Balaban J connectivity index is 2.67. The molecule has 0 atom stereocenters. The third-order valence-electron chi connectivity index (χ3n) is 3.99. The lowest BCUT2D eigenvalue weighted by atomic mass is 9.91. The topological polar surface area (TPSA) is 66.8 Å². The van der Waals surface area contributed by atoms with Gasteiger partial charge in [-0.1, -0.05) is 17.7 Å². The van der Waals surface area contributed by atoms with E-state index >= 15 is 0 Å². The summed E-state index contributed by atoms with van der Waals surface area (Å²) in [5.74, 6) is -1.02. The molecule has 1 aliphatic heterocycles. The smallest absolute Gasteiger partial charge is 0.332 e. The van der Waals surface area contributed by atoms with Gasteiger partial charge >= 0.3 is 5.97 Å². The fourth-order valence-electron chi connectivity index (χ4n) is 2.99. The Morgan fingerprint density at radius 3 is 2.26 bits per heavy atom. The van der Waals surface area contributed by atoms with Gasteiger partial charge in [0.1, 0.15) is 5.76 Å². The molecule has 0 saturated carbocycles. The number of rotatable bonds is 3. The lowest BCUT2D eigenvalue weighted by Crippen LogP contribution is -2.42. The van der Waals surface area contributed by atoms with E-state index in [1.165, 1.54) is 20.1 Å². The van der Waals surface area contributed by atoms with Crippen LogP contribution >= 0.6 is 0 Å². The number of ketones is 1. The van der Waals surface area contributed by atoms with E-state index in [4.69, 9.17) is 0 Å². The summed E-state index contributed by atoms with van der Waals surface area (Å²) in [6.07, 6.45) is 1.20. The van der Waals surface area contributed by atoms with Crippen LogP contribution in [-0.2, 0) is 14.3 Å². The van der Waals surface area contributed by atoms with E-state index in [0.29, 0.717) is 0 Å². The predicted molar refractivity (Wildman–Crippen MR) is 88.2 cm³/mol. The van der Waals surface area contributed by atoms with Gasteiger partial charge < -0.3 is 14.7 Å². The number of aryl methyl sites for hydroxylation is 1. The number of aliphatic hydroxyl groups excluding tert-OH is 1. The quantitative estimate of drug-likeness (QED) is 0.686. The highest BCUT2D eigenvalue weighted by molar-refractivity contribution is 6.00. The van der Waals surface area contributed by atoms with Crippen molar-refractivity contribution in [2.75, 3.05) is 12.0 Å². The van der Waals surface area contributed by atoms with Crippen molar-refractivity contribution in [3.8, 4) is 0 Å². The molecule has 0 bridgehead atoms. The molecule has 1 heterocycles. The molecule has 1 N–H and O–H groups in total.